The van der Waals surface area contributed by atoms with Crippen molar-refractivity contribution in [1.29, 1.82) is 0 Å². The summed E-state index contributed by atoms with van der Waals surface area (Å²) in [5.74, 6) is -3.09. The number of amides is 2. The van der Waals surface area contributed by atoms with E-state index >= 15 is 0 Å². The third-order valence-electron chi connectivity index (χ3n) is 3.31. The largest absolute Gasteiger partial charge is 0.444 e. The second kappa shape index (κ2) is 6.47. The third kappa shape index (κ3) is 4.37. The number of nitrogens with one attached hydrogen (secondary N) is 1. The van der Waals surface area contributed by atoms with E-state index in [9.17, 15) is 18.4 Å². The minimum absolute atomic E-state index is 0.143. The summed E-state index contributed by atoms with van der Waals surface area (Å²) in [6.07, 6.45) is 0.862. The molecule has 0 bridgehead atoms. The highest BCUT2D eigenvalue weighted by atomic mass is 19.1. The molecule has 1 atom stereocenters. The number of anilines is 1. The van der Waals surface area contributed by atoms with E-state index in [0.717, 1.165) is 12.3 Å². The minimum Gasteiger partial charge on any atom is -0.444 e. The first-order valence-corrected chi connectivity index (χ1v) is 7.26. The molecule has 0 aromatic carbocycles. The molecule has 0 saturated carbocycles. The molecule has 2 rings (SSSR count). The van der Waals surface area contributed by atoms with Gasteiger partial charge in [0.25, 0.3) is 0 Å². The molecule has 126 valence electrons. The second-order valence-electron chi connectivity index (χ2n) is 6.36. The molecule has 1 unspecified atom stereocenters. The van der Waals surface area contributed by atoms with Crippen LogP contribution in [0, 0.1) is 17.7 Å². The molecule has 1 aromatic rings. The van der Waals surface area contributed by atoms with Crippen molar-refractivity contribution in [3.05, 3.63) is 24.0 Å². The smallest absolute Gasteiger partial charge is 0.410 e. The van der Waals surface area contributed by atoms with E-state index in [4.69, 9.17) is 4.74 Å². The number of halogens is 2. The maximum Gasteiger partial charge on any atom is 0.410 e. The topological polar surface area (TPSA) is 71.5 Å². The Kier molecular flexibility index (Phi) is 4.82. The molecule has 1 saturated heterocycles. The van der Waals surface area contributed by atoms with Gasteiger partial charge in [-0.15, -0.1) is 0 Å². The fourth-order valence-corrected chi connectivity index (χ4v) is 2.22. The second-order valence-corrected chi connectivity index (χ2v) is 6.36. The molecule has 6 nitrogen and oxygen atoms in total. The van der Waals surface area contributed by atoms with Crippen molar-refractivity contribution in [2.24, 2.45) is 5.92 Å². The lowest BCUT2D eigenvalue weighted by atomic mass is 10.1. The Morgan fingerprint density at radius 3 is 2.70 bits per heavy atom. The fourth-order valence-electron chi connectivity index (χ4n) is 2.22. The number of hydrogen-bond acceptors (Lipinski definition) is 4. The van der Waals surface area contributed by atoms with Crippen LogP contribution in [0.25, 0.3) is 0 Å². The summed E-state index contributed by atoms with van der Waals surface area (Å²) in [5.41, 5.74) is -1.20. The molecule has 2 amide bonds. The van der Waals surface area contributed by atoms with Gasteiger partial charge in [0, 0.05) is 19.3 Å². The van der Waals surface area contributed by atoms with E-state index in [-0.39, 0.29) is 6.54 Å². The molecule has 1 N–H and O–H groups in total. The summed E-state index contributed by atoms with van der Waals surface area (Å²) < 4.78 is 32.2. The van der Waals surface area contributed by atoms with Crippen molar-refractivity contribution in [2.45, 2.75) is 32.8 Å². The highest BCUT2D eigenvalue weighted by molar-refractivity contribution is 5.93. The van der Waals surface area contributed by atoms with E-state index in [0.29, 0.717) is 13.0 Å². The lowest BCUT2D eigenvalue weighted by Crippen LogP contribution is -2.36. The Hall–Kier alpha value is -2.25. The zero-order chi connectivity index (χ0) is 17.2. The van der Waals surface area contributed by atoms with Crippen molar-refractivity contribution in [3.63, 3.8) is 0 Å². The van der Waals surface area contributed by atoms with E-state index in [1.807, 2.05) is 0 Å². The first-order valence-electron chi connectivity index (χ1n) is 7.26. The zero-order valence-electron chi connectivity index (χ0n) is 13.2. The van der Waals surface area contributed by atoms with Crippen molar-refractivity contribution in [2.75, 3.05) is 18.4 Å². The summed E-state index contributed by atoms with van der Waals surface area (Å²) in [4.78, 5) is 28.8. The van der Waals surface area contributed by atoms with Gasteiger partial charge < -0.3 is 15.0 Å². The van der Waals surface area contributed by atoms with Crippen LogP contribution < -0.4 is 5.32 Å². The van der Waals surface area contributed by atoms with Gasteiger partial charge in [0.15, 0.2) is 5.82 Å². The van der Waals surface area contributed by atoms with Gasteiger partial charge in [0.2, 0.25) is 11.9 Å². The van der Waals surface area contributed by atoms with Crippen LogP contribution >= 0.6 is 0 Å². The van der Waals surface area contributed by atoms with Crippen molar-refractivity contribution >= 4 is 17.7 Å². The van der Waals surface area contributed by atoms with Gasteiger partial charge in [-0.05, 0) is 33.3 Å². The molecule has 0 spiro atoms. The summed E-state index contributed by atoms with van der Waals surface area (Å²) in [6, 6.07) is 0.959. The number of carbonyl (C=O) groups is 2. The molecular weight excluding hydrogens is 308 g/mol. The monoisotopic (exact) mass is 327 g/mol. The van der Waals surface area contributed by atoms with Crippen LogP contribution in [0.4, 0.5) is 19.3 Å². The van der Waals surface area contributed by atoms with E-state index < -0.39 is 41.0 Å². The Balaban J connectivity index is 1.96. The molecule has 1 fully saturated rings. The lowest BCUT2D eigenvalue weighted by molar-refractivity contribution is -0.119. The summed E-state index contributed by atoms with van der Waals surface area (Å²) >= 11 is 0. The Morgan fingerprint density at radius 2 is 2.09 bits per heavy atom. The molecule has 23 heavy (non-hydrogen) atoms. The Morgan fingerprint density at radius 1 is 1.39 bits per heavy atom. The van der Waals surface area contributed by atoms with Gasteiger partial charge in [-0.2, -0.15) is 4.39 Å². The fraction of sp³-hybridized carbons (Fsp3) is 0.533. The highest BCUT2D eigenvalue weighted by Gasteiger charge is 2.34. The van der Waals surface area contributed by atoms with Crippen LogP contribution in [-0.2, 0) is 9.53 Å². The number of pyridine rings is 1. The standard InChI is InChI=1S/C15H19F2N3O3/c1-15(2,3)23-14(22)20-7-5-9(8-20)13(21)19-11-10(16)4-6-18-12(11)17/h4,6,9H,5,7-8H2,1-3H3,(H,19,21). The van der Waals surface area contributed by atoms with Crippen LogP contribution in [0.15, 0.2) is 12.3 Å². The molecule has 1 aromatic heterocycles. The molecule has 1 aliphatic rings. The SMILES string of the molecule is CC(C)(C)OC(=O)N1CCC(C(=O)Nc2c(F)ccnc2F)C1. The van der Waals surface area contributed by atoms with Crippen molar-refractivity contribution in [3.8, 4) is 0 Å². The van der Waals surface area contributed by atoms with Gasteiger partial charge in [-0.25, -0.2) is 14.2 Å². The Bertz CT molecular complexity index is 596. The van der Waals surface area contributed by atoms with E-state index in [1.54, 1.807) is 20.8 Å². The summed E-state index contributed by atoms with van der Waals surface area (Å²) in [6.45, 7) is 5.74. The maximum atomic E-state index is 13.5. The first kappa shape index (κ1) is 17.1. The van der Waals surface area contributed by atoms with Crippen LogP contribution in [0.5, 0.6) is 0 Å². The summed E-state index contributed by atoms with van der Waals surface area (Å²) in [7, 11) is 0. The van der Waals surface area contributed by atoms with Crippen molar-refractivity contribution in [1.82, 2.24) is 9.88 Å². The predicted octanol–water partition coefficient (Wildman–Crippen LogP) is 2.56. The molecule has 8 heteroatoms. The molecular formula is C15H19F2N3O3. The predicted molar refractivity (Wildman–Crippen MR) is 78.7 cm³/mol. The Labute approximate surface area is 132 Å². The van der Waals surface area contributed by atoms with Gasteiger partial charge in [0.05, 0.1) is 5.92 Å². The summed E-state index contributed by atoms with van der Waals surface area (Å²) in [5, 5.41) is 2.20. The first-order chi connectivity index (χ1) is 10.7. The molecule has 0 radical (unpaired) electrons. The zero-order valence-corrected chi connectivity index (χ0v) is 13.2. The normalized spacial score (nSPS) is 18.0. The number of nitrogens with zero attached hydrogens (tertiary/aromatic N) is 2. The molecule has 0 aliphatic carbocycles. The quantitative estimate of drug-likeness (QED) is 0.848. The number of aromatic nitrogens is 1. The van der Waals surface area contributed by atoms with Gasteiger partial charge in [-0.3, -0.25) is 4.79 Å². The van der Waals surface area contributed by atoms with Crippen LogP contribution in [0.1, 0.15) is 27.2 Å². The van der Waals surface area contributed by atoms with Crippen LogP contribution in [-0.4, -0.2) is 40.6 Å². The molecule has 1 aliphatic heterocycles. The number of carbonyl (C=O) groups excluding carboxylic acids is 2. The van der Waals surface area contributed by atoms with Crippen molar-refractivity contribution < 1.29 is 23.1 Å². The van der Waals surface area contributed by atoms with Gasteiger partial charge in [-0.1, -0.05) is 0 Å². The highest BCUT2D eigenvalue weighted by Crippen LogP contribution is 2.22. The average molecular weight is 327 g/mol. The average Bonchev–Trinajstić information content (AvgIpc) is 2.91. The maximum absolute atomic E-state index is 13.5. The van der Waals surface area contributed by atoms with E-state index in [1.165, 1.54) is 4.90 Å². The number of likely N-dealkylation sites (tertiary alicyclic amines) is 1. The van der Waals surface area contributed by atoms with Gasteiger partial charge in [0.1, 0.15) is 11.3 Å². The lowest BCUT2D eigenvalue weighted by Gasteiger charge is -2.24. The number of hydrogen-bond donors (Lipinski definition) is 1. The number of rotatable bonds is 2. The van der Waals surface area contributed by atoms with Crippen LogP contribution in [0.2, 0.25) is 0 Å². The molecule has 2 heterocycles. The number of ether oxygens (including phenoxy) is 1. The third-order valence-corrected chi connectivity index (χ3v) is 3.31. The van der Waals surface area contributed by atoms with E-state index in [2.05, 4.69) is 10.3 Å². The van der Waals surface area contributed by atoms with Gasteiger partial charge >= 0.3 is 6.09 Å². The van der Waals surface area contributed by atoms with Crippen LogP contribution in [0.3, 0.4) is 0 Å². The minimum atomic E-state index is -1.08.